The van der Waals surface area contributed by atoms with Crippen LogP contribution in [-0.4, -0.2) is 29.3 Å². The number of halogens is 1. The SMILES string of the molecule is CC(=O)N(CN1C(=O)[C@@H]2[C@H]3C=C[C@@H]([C@@H]4C[C@@H]34)[C@@H]2C1=O)c1ccc(F)cc1. The normalized spacial score (nSPS) is 36.2. The number of benzene rings is 1. The van der Waals surface area contributed by atoms with Crippen molar-refractivity contribution in [2.75, 3.05) is 11.6 Å². The van der Waals surface area contributed by atoms with Gasteiger partial charge >= 0.3 is 0 Å². The third-order valence-electron chi connectivity index (χ3n) is 6.56. The van der Waals surface area contributed by atoms with Crippen molar-refractivity contribution in [2.45, 2.75) is 13.3 Å². The lowest BCUT2D eigenvalue weighted by Gasteiger charge is -2.37. The van der Waals surface area contributed by atoms with Gasteiger partial charge in [0.15, 0.2) is 0 Å². The van der Waals surface area contributed by atoms with E-state index in [1.54, 1.807) is 0 Å². The number of likely N-dealkylation sites (tertiary alicyclic amines) is 1. The Labute approximate surface area is 150 Å². The van der Waals surface area contributed by atoms with Gasteiger partial charge in [0.1, 0.15) is 12.5 Å². The summed E-state index contributed by atoms with van der Waals surface area (Å²) in [5, 5.41) is 0. The highest BCUT2D eigenvalue weighted by Gasteiger charge is 2.67. The molecular formula is C20H19FN2O3. The van der Waals surface area contributed by atoms with Crippen molar-refractivity contribution in [2.24, 2.45) is 35.5 Å². The molecule has 0 aromatic heterocycles. The van der Waals surface area contributed by atoms with E-state index in [9.17, 15) is 18.8 Å². The van der Waals surface area contributed by atoms with Crippen molar-refractivity contribution in [3.63, 3.8) is 0 Å². The van der Waals surface area contributed by atoms with Gasteiger partial charge in [0.25, 0.3) is 0 Å². The van der Waals surface area contributed by atoms with Crippen LogP contribution in [-0.2, 0) is 14.4 Å². The maximum atomic E-state index is 13.2. The molecule has 0 spiro atoms. The topological polar surface area (TPSA) is 57.7 Å². The van der Waals surface area contributed by atoms with Crippen LogP contribution in [0.2, 0.25) is 0 Å². The van der Waals surface area contributed by atoms with Crippen LogP contribution in [0.25, 0.3) is 0 Å². The van der Waals surface area contributed by atoms with Crippen molar-refractivity contribution in [3.05, 3.63) is 42.2 Å². The quantitative estimate of drug-likeness (QED) is 0.618. The van der Waals surface area contributed by atoms with E-state index in [1.165, 1.54) is 41.0 Å². The van der Waals surface area contributed by atoms with Gasteiger partial charge in [-0.05, 0) is 54.4 Å². The molecule has 3 fully saturated rings. The van der Waals surface area contributed by atoms with Gasteiger partial charge in [-0.3, -0.25) is 24.2 Å². The second-order valence-electron chi connectivity index (χ2n) is 7.82. The molecule has 0 radical (unpaired) electrons. The molecule has 2 bridgehead atoms. The maximum absolute atomic E-state index is 13.2. The largest absolute Gasteiger partial charge is 0.294 e. The molecule has 0 unspecified atom stereocenters. The van der Waals surface area contributed by atoms with Gasteiger partial charge in [-0.25, -0.2) is 4.39 Å². The van der Waals surface area contributed by atoms with Gasteiger partial charge in [-0.2, -0.15) is 0 Å². The number of carbonyl (C=O) groups excluding carboxylic acids is 3. The molecule has 6 atom stereocenters. The Hall–Kier alpha value is -2.50. The summed E-state index contributed by atoms with van der Waals surface area (Å²) in [7, 11) is 0. The van der Waals surface area contributed by atoms with Crippen LogP contribution in [0.5, 0.6) is 0 Å². The molecule has 5 aliphatic rings. The number of amides is 3. The van der Waals surface area contributed by atoms with E-state index >= 15 is 0 Å². The van der Waals surface area contributed by atoms with Gasteiger partial charge in [0.2, 0.25) is 17.7 Å². The monoisotopic (exact) mass is 354 g/mol. The molecule has 1 heterocycles. The van der Waals surface area contributed by atoms with Crippen molar-refractivity contribution in [1.82, 2.24) is 4.90 Å². The van der Waals surface area contributed by atoms with Crippen LogP contribution in [0.15, 0.2) is 36.4 Å². The third-order valence-corrected chi connectivity index (χ3v) is 6.56. The lowest BCUT2D eigenvalue weighted by molar-refractivity contribution is -0.140. The molecule has 26 heavy (non-hydrogen) atoms. The smallest absolute Gasteiger partial charge is 0.235 e. The first kappa shape index (κ1) is 15.7. The minimum atomic E-state index is -0.404. The fourth-order valence-electron chi connectivity index (χ4n) is 5.28. The van der Waals surface area contributed by atoms with E-state index in [0.29, 0.717) is 17.5 Å². The number of anilines is 1. The van der Waals surface area contributed by atoms with Gasteiger partial charge in [-0.15, -0.1) is 0 Å². The number of hydrogen-bond donors (Lipinski definition) is 0. The van der Waals surface area contributed by atoms with Crippen LogP contribution in [0.3, 0.4) is 0 Å². The van der Waals surface area contributed by atoms with Crippen molar-refractivity contribution < 1.29 is 18.8 Å². The van der Waals surface area contributed by atoms with E-state index in [2.05, 4.69) is 12.2 Å². The zero-order valence-corrected chi connectivity index (χ0v) is 14.3. The molecule has 1 aromatic carbocycles. The van der Waals surface area contributed by atoms with E-state index in [1.807, 2.05) is 0 Å². The van der Waals surface area contributed by atoms with E-state index in [0.717, 1.165) is 6.42 Å². The number of nitrogens with zero attached hydrogens (tertiary/aromatic N) is 2. The molecular weight excluding hydrogens is 335 g/mol. The second-order valence-corrected chi connectivity index (χ2v) is 7.82. The first-order valence-electron chi connectivity index (χ1n) is 9.04. The summed E-state index contributed by atoms with van der Waals surface area (Å²) < 4.78 is 13.2. The molecule has 134 valence electrons. The van der Waals surface area contributed by atoms with Gasteiger partial charge in [0, 0.05) is 12.6 Å². The Balaban J connectivity index is 1.44. The van der Waals surface area contributed by atoms with Crippen molar-refractivity contribution in [1.29, 1.82) is 0 Å². The zero-order chi connectivity index (χ0) is 18.2. The molecule has 4 aliphatic carbocycles. The molecule has 1 aliphatic heterocycles. The number of hydrogen-bond acceptors (Lipinski definition) is 3. The minimum absolute atomic E-state index is 0.111. The fraction of sp³-hybridized carbons (Fsp3) is 0.450. The number of allylic oxidation sites excluding steroid dienone is 2. The average molecular weight is 354 g/mol. The van der Waals surface area contributed by atoms with E-state index in [4.69, 9.17) is 0 Å². The van der Waals surface area contributed by atoms with Crippen LogP contribution in [0.1, 0.15) is 13.3 Å². The molecule has 6 heteroatoms. The summed E-state index contributed by atoms with van der Waals surface area (Å²) in [5.41, 5.74) is 0.471. The Morgan fingerprint density at radius 3 is 2.12 bits per heavy atom. The summed E-state index contributed by atoms with van der Waals surface area (Å²) in [6, 6.07) is 5.48. The predicted octanol–water partition coefficient (Wildman–Crippen LogP) is 2.19. The highest BCUT2D eigenvalue weighted by molar-refractivity contribution is 6.07. The zero-order valence-electron chi connectivity index (χ0n) is 14.3. The van der Waals surface area contributed by atoms with Crippen molar-refractivity contribution >= 4 is 23.4 Å². The predicted molar refractivity (Wildman–Crippen MR) is 91.0 cm³/mol. The van der Waals surface area contributed by atoms with Crippen LogP contribution in [0.4, 0.5) is 10.1 Å². The fourth-order valence-corrected chi connectivity index (χ4v) is 5.28. The third kappa shape index (κ3) is 2.04. The molecule has 0 N–H and O–H groups in total. The average Bonchev–Trinajstić information content (AvgIpc) is 3.40. The van der Waals surface area contributed by atoms with Crippen LogP contribution in [0, 0.1) is 41.3 Å². The Morgan fingerprint density at radius 2 is 1.62 bits per heavy atom. The van der Waals surface area contributed by atoms with Crippen LogP contribution >= 0.6 is 0 Å². The summed E-state index contributed by atoms with van der Waals surface area (Å²) in [6.07, 6.45) is 5.36. The summed E-state index contributed by atoms with van der Waals surface area (Å²) in [4.78, 5) is 40.7. The Kier molecular flexibility index (Phi) is 3.18. The molecule has 6 rings (SSSR count). The van der Waals surface area contributed by atoms with Gasteiger partial charge in [-0.1, -0.05) is 12.2 Å². The number of carbonyl (C=O) groups is 3. The van der Waals surface area contributed by atoms with Gasteiger partial charge < -0.3 is 0 Å². The number of rotatable bonds is 3. The molecule has 5 nitrogen and oxygen atoms in total. The lowest BCUT2D eigenvalue weighted by Crippen LogP contribution is -2.44. The van der Waals surface area contributed by atoms with E-state index in [-0.39, 0.29) is 48.1 Å². The van der Waals surface area contributed by atoms with Crippen LogP contribution < -0.4 is 4.90 Å². The molecule has 3 amide bonds. The standard InChI is InChI=1S/C20H19FN2O3/c1-10(24)22(12-4-2-11(21)3-5-12)9-23-19(25)17-13-6-7-14(16-8-15(13)16)18(17)20(23)26/h2-7,13-18H,8-9H2,1H3/t13-,14-,15-,16-,17-,18+/m0/s1. The summed E-state index contributed by atoms with van der Waals surface area (Å²) in [6.45, 7) is 1.27. The Bertz CT molecular complexity index is 813. The molecule has 1 aromatic rings. The first-order valence-corrected chi connectivity index (χ1v) is 9.04. The highest BCUT2D eigenvalue weighted by Crippen LogP contribution is 2.65. The van der Waals surface area contributed by atoms with E-state index < -0.39 is 5.82 Å². The lowest BCUT2D eigenvalue weighted by atomic mass is 9.63. The molecule has 2 saturated carbocycles. The first-order chi connectivity index (χ1) is 12.5. The summed E-state index contributed by atoms with van der Waals surface area (Å²) >= 11 is 0. The minimum Gasteiger partial charge on any atom is -0.294 e. The van der Waals surface area contributed by atoms with Crippen molar-refractivity contribution in [3.8, 4) is 0 Å². The van der Waals surface area contributed by atoms with Gasteiger partial charge in [0.05, 0.1) is 11.8 Å². The molecule has 1 saturated heterocycles. The Morgan fingerprint density at radius 1 is 1.08 bits per heavy atom. The maximum Gasteiger partial charge on any atom is 0.235 e. The second kappa shape index (κ2) is 5.25. The summed E-state index contributed by atoms with van der Waals surface area (Å²) in [5.74, 6) is -0.175. The highest BCUT2D eigenvalue weighted by atomic mass is 19.1. The number of imide groups is 1.